The average Bonchev–Trinajstić information content (AvgIpc) is 2.33. The summed E-state index contributed by atoms with van der Waals surface area (Å²) < 4.78 is 28.1. The fourth-order valence-electron chi connectivity index (χ4n) is 2.08. The van der Waals surface area contributed by atoms with Gasteiger partial charge in [0.15, 0.2) is 0 Å². The Bertz CT molecular complexity index is 499. The Balaban J connectivity index is 2.24. The van der Waals surface area contributed by atoms with Crippen LogP contribution in [0.25, 0.3) is 0 Å². The number of anilines is 1. The zero-order chi connectivity index (χ0) is 13.2. The molecule has 1 aliphatic heterocycles. The second-order valence-corrected chi connectivity index (χ2v) is 6.32. The second kappa shape index (κ2) is 5.26. The van der Waals surface area contributed by atoms with Crippen LogP contribution in [0, 0.1) is 12.8 Å². The van der Waals surface area contributed by atoms with E-state index in [2.05, 4.69) is 10.0 Å². The lowest BCUT2D eigenvalue weighted by atomic mass is 10.1. The van der Waals surface area contributed by atoms with Crippen molar-refractivity contribution in [1.29, 1.82) is 0 Å². The first-order chi connectivity index (χ1) is 8.53. The molecule has 2 rings (SSSR count). The first kappa shape index (κ1) is 13.3. The molecule has 1 fully saturated rings. The summed E-state index contributed by atoms with van der Waals surface area (Å²) in [5, 5.41) is 3.08. The number of hydrogen-bond acceptors (Lipinski definition) is 3. The van der Waals surface area contributed by atoms with E-state index >= 15 is 0 Å². The van der Waals surface area contributed by atoms with Gasteiger partial charge in [0.1, 0.15) is 0 Å². The Kier molecular flexibility index (Phi) is 3.89. The lowest BCUT2D eigenvalue weighted by Gasteiger charge is -2.34. The molecule has 0 bridgehead atoms. The molecule has 5 nitrogen and oxygen atoms in total. The lowest BCUT2D eigenvalue weighted by Crippen LogP contribution is -2.53. The summed E-state index contributed by atoms with van der Waals surface area (Å²) in [5.74, 6) is 0.278. The minimum absolute atomic E-state index is 0.278. The molecule has 0 spiro atoms. The highest BCUT2D eigenvalue weighted by molar-refractivity contribution is 7.90. The minimum atomic E-state index is -3.39. The van der Waals surface area contributed by atoms with Crippen LogP contribution in [0.15, 0.2) is 24.3 Å². The van der Waals surface area contributed by atoms with E-state index in [1.807, 2.05) is 38.2 Å². The number of rotatable bonds is 3. The van der Waals surface area contributed by atoms with Crippen LogP contribution in [-0.4, -0.2) is 35.1 Å². The third kappa shape index (κ3) is 2.82. The minimum Gasteiger partial charge on any atom is -0.319 e. The molecule has 0 radical (unpaired) electrons. The molecule has 1 saturated heterocycles. The van der Waals surface area contributed by atoms with Gasteiger partial charge in [-0.3, -0.25) is 4.31 Å². The second-order valence-electron chi connectivity index (χ2n) is 4.64. The van der Waals surface area contributed by atoms with E-state index in [1.165, 1.54) is 4.31 Å². The standard InChI is InChI=1S/C12H19N3O2S/c1-10-3-5-12(6-4-10)15-9-11(7-13-2)8-14-18(15,16)17/h3-6,11,13-14H,7-9H2,1-2H3. The summed E-state index contributed by atoms with van der Waals surface area (Å²) in [4.78, 5) is 0. The molecule has 0 aromatic heterocycles. The van der Waals surface area contributed by atoms with Gasteiger partial charge < -0.3 is 5.32 Å². The van der Waals surface area contributed by atoms with E-state index in [0.717, 1.165) is 12.1 Å². The first-order valence-electron chi connectivity index (χ1n) is 6.01. The summed E-state index contributed by atoms with van der Waals surface area (Å²) in [6.45, 7) is 3.78. The highest BCUT2D eigenvalue weighted by Crippen LogP contribution is 2.22. The van der Waals surface area contributed by atoms with Gasteiger partial charge in [-0.15, -0.1) is 0 Å². The van der Waals surface area contributed by atoms with Crippen LogP contribution in [0.5, 0.6) is 0 Å². The first-order valence-corrected chi connectivity index (χ1v) is 7.45. The van der Waals surface area contributed by atoms with Crippen molar-refractivity contribution in [2.24, 2.45) is 5.92 Å². The van der Waals surface area contributed by atoms with Crippen molar-refractivity contribution < 1.29 is 8.42 Å². The zero-order valence-electron chi connectivity index (χ0n) is 10.7. The van der Waals surface area contributed by atoms with Crippen molar-refractivity contribution in [1.82, 2.24) is 10.0 Å². The average molecular weight is 269 g/mol. The highest BCUT2D eigenvalue weighted by atomic mass is 32.2. The van der Waals surface area contributed by atoms with Crippen LogP contribution in [0.1, 0.15) is 5.56 Å². The summed E-state index contributed by atoms with van der Waals surface area (Å²) in [5.41, 5.74) is 1.83. The van der Waals surface area contributed by atoms with Crippen LogP contribution < -0.4 is 14.3 Å². The molecule has 0 aliphatic carbocycles. The van der Waals surface area contributed by atoms with Crippen LogP contribution in [0.2, 0.25) is 0 Å². The smallest absolute Gasteiger partial charge is 0.301 e. The quantitative estimate of drug-likeness (QED) is 0.839. The fraction of sp³-hybridized carbons (Fsp3) is 0.500. The maximum Gasteiger partial charge on any atom is 0.301 e. The van der Waals surface area contributed by atoms with Crippen LogP contribution in [-0.2, 0) is 10.2 Å². The molecule has 1 aromatic rings. The topological polar surface area (TPSA) is 61.4 Å². The summed E-state index contributed by atoms with van der Waals surface area (Å²) in [7, 11) is -1.51. The predicted molar refractivity (Wildman–Crippen MR) is 72.9 cm³/mol. The molecular weight excluding hydrogens is 250 g/mol. The van der Waals surface area contributed by atoms with E-state index < -0.39 is 10.2 Å². The third-order valence-electron chi connectivity index (χ3n) is 3.08. The number of benzene rings is 1. The third-order valence-corrected chi connectivity index (χ3v) is 4.55. The molecule has 1 aromatic carbocycles. The number of hydrogen-bond donors (Lipinski definition) is 2. The maximum absolute atomic E-state index is 12.0. The molecule has 1 unspecified atom stereocenters. The van der Waals surface area contributed by atoms with Crippen LogP contribution in [0.3, 0.4) is 0 Å². The van der Waals surface area contributed by atoms with Crippen molar-refractivity contribution in [3.05, 3.63) is 29.8 Å². The molecule has 1 aliphatic rings. The van der Waals surface area contributed by atoms with Crippen LogP contribution >= 0.6 is 0 Å². The van der Waals surface area contributed by atoms with Gasteiger partial charge in [-0.2, -0.15) is 13.1 Å². The van der Waals surface area contributed by atoms with Crippen molar-refractivity contribution in [2.45, 2.75) is 6.92 Å². The Morgan fingerprint density at radius 3 is 2.67 bits per heavy atom. The number of aryl methyl sites for hydroxylation is 1. The molecule has 0 amide bonds. The number of nitrogens with zero attached hydrogens (tertiary/aromatic N) is 1. The van der Waals surface area contributed by atoms with Gasteiger partial charge in [0.05, 0.1) is 5.69 Å². The van der Waals surface area contributed by atoms with E-state index in [1.54, 1.807) is 0 Å². The molecular formula is C12H19N3O2S. The highest BCUT2D eigenvalue weighted by Gasteiger charge is 2.30. The molecule has 1 heterocycles. The largest absolute Gasteiger partial charge is 0.319 e. The van der Waals surface area contributed by atoms with E-state index in [9.17, 15) is 8.42 Å². The van der Waals surface area contributed by atoms with Crippen molar-refractivity contribution >= 4 is 15.9 Å². The van der Waals surface area contributed by atoms with Gasteiger partial charge in [-0.25, -0.2) is 0 Å². The maximum atomic E-state index is 12.0. The van der Waals surface area contributed by atoms with Gasteiger partial charge in [0, 0.05) is 25.6 Å². The lowest BCUT2D eigenvalue weighted by molar-refractivity contribution is 0.464. The SMILES string of the molecule is CNCC1CNS(=O)(=O)N(c2ccc(C)cc2)C1. The molecule has 2 N–H and O–H groups in total. The summed E-state index contributed by atoms with van der Waals surface area (Å²) in [6, 6.07) is 7.53. The Morgan fingerprint density at radius 1 is 1.39 bits per heavy atom. The van der Waals surface area contributed by atoms with Crippen molar-refractivity contribution in [3.8, 4) is 0 Å². The molecule has 6 heteroatoms. The van der Waals surface area contributed by atoms with Gasteiger partial charge >= 0.3 is 10.2 Å². The molecule has 18 heavy (non-hydrogen) atoms. The zero-order valence-corrected chi connectivity index (χ0v) is 11.5. The summed E-state index contributed by atoms with van der Waals surface area (Å²) in [6.07, 6.45) is 0. The fourth-order valence-corrected chi connectivity index (χ4v) is 3.49. The Labute approximate surface area is 108 Å². The van der Waals surface area contributed by atoms with Gasteiger partial charge in [-0.05, 0) is 26.1 Å². The number of nitrogens with one attached hydrogen (secondary N) is 2. The van der Waals surface area contributed by atoms with E-state index in [4.69, 9.17) is 0 Å². The van der Waals surface area contributed by atoms with Gasteiger partial charge in [0.2, 0.25) is 0 Å². The van der Waals surface area contributed by atoms with Crippen molar-refractivity contribution in [2.75, 3.05) is 31.0 Å². The monoisotopic (exact) mass is 269 g/mol. The molecule has 0 saturated carbocycles. The summed E-state index contributed by atoms with van der Waals surface area (Å²) >= 11 is 0. The van der Waals surface area contributed by atoms with Gasteiger partial charge in [0.25, 0.3) is 0 Å². The van der Waals surface area contributed by atoms with E-state index in [0.29, 0.717) is 18.8 Å². The Morgan fingerprint density at radius 2 is 2.06 bits per heavy atom. The van der Waals surface area contributed by atoms with Gasteiger partial charge in [-0.1, -0.05) is 17.7 Å². The van der Waals surface area contributed by atoms with E-state index in [-0.39, 0.29) is 5.92 Å². The predicted octanol–water partition coefficient (Wildman–Crippen LogP) is 0.485. The molecule has 100 valence electrons. The molecule has 1 atom stereocenters. The normalized spacial score (nSPS) is 23.0. The Hall–Kier alpha value is -1.11. The van der Waals surface area contributed by atoms with Crippen LogP contribution in [0.4, 0.5) is 5.69 Å². The van der Waals surface area contributed by atoms with Crippen molar-refractivity contribution in [3.63, 3.8) is 0 Å².